The maximum Gasteiger partial charge on any atom is 0.119 e. The summed E-state index contributed by atoms with van der Waals surface area (Å²) in [6.07, 6.45) is 6.00. The van der Waals surface area contributed by atoms with Gasteiger partial charge < -0.3 is 4.74 Å². The highest BCUT2D eigenvalue weighted by Gasteiger charge is 2.51. The zero-order valence-corrected chi connectivity index (χ0v) is 16.6. The van der Waals surface area contributed by atoms with Crippen molar-refractivity contribution in [2.24, 2.45) is 22.9 Å². The average Bonchev–Trinajstić information content (AvgIpc) is 3.35. The van der Waals surface area contributed by atoms with E-state index in [1.807, 2.05) is 13.0 Å². The zero-order chi connectivity index (χ0) is 18.4. The first kappa shape index (κ1) is 17.4. The molecule has 26 heavy (non-hydrogen) atoms. The number of fused-ring (bicyclic) bond motifs is 1. The molecule has 4 atom stereocenters. The highest BCUT2D eigenvalue weighted by Crippen LogP contribution is 2.50. The fourth-order valence-electron chi connectivity index (χ4n) is 4.55. The number of hydrogen-bond donors (Lipinski definition) is 0. The Kier molecular flexibility index (Phi) is 4.42. The Bertz CT molecular complexity index is 789. The van der Waals surface area contributed by atoms with E-state index in [0.717, 1.165) is 5.75 Å². The molecule has 0 bridgehead atoms. The van der Waals surface area contributed by atoms with Crippen molar-refractivity contribution in [2.45, 2.75) is 53.0 Å². The lowest BCUT2D eigenvalue weighted by Gasteiger charge is -2.36. The van der Waals surface area contributed by atoms with E-state index in [-0.39, 0.29) is 0 Å². The lowest BCUT2D eigenvalue weighted by Crippen LogP contribution is -2.29. The summed E-state index contributed by atoms with van der Waals surface area (Å²) < 4.78 is 5.73. The SMILES string of the molecule is CCOc1cccc(C2C=CC(C(C)C)=C(N3N=C(C)C4CC43)C2C)c1. The van der Waals surface area contributed by atoms with Crippen LogP contribution in [0, 0.1) is 17.8 Å². The van der Waals surface area contributed by atoms with Crippen molar-refractivity contribution < 1.29 is 4.74 Å². The Labute approximate surface area is 157 Å². The van der Waals surface area contributed by atoms with Gasteiger partial charge in [-0.15, -0.1) is 0 Å². The van der Waals surface area contributed by atoms with Crippen molar-refractivity contribution in [3.05, 3.63) is 53.3 Å². The molecule has 1 heterocycles. The molecule has 4 unspecified atom stereocenters. The van der Waals surface area contributed by atoms with Crippen LogP contribution in [-0.2, 0) is 0 Å². The summed E-state index contributed by atoms with van der Waals surface area (Å²) in [5, 5.41) is 7.30. The van der Waals surface area contributed by atoms with Crippen LogP contribution in [0.1, 0.15) is 52.5 Å². The highest BCUT2D eigenvalue weighted by atomic mass is 16.5. The molecule has 0 aromatic heterocycles. The molecule has 2 aliphatic carbocycles. The third kappa shape index (κ3) is 2.87. The zero-order valence-electron chi connectivity index (χ0n) is 16.6. The highest BCUT2D eigenvalue weighted by molar-refractivity contribution is 5.89. The Morgan fingerprint density at radius 2 is 2.12 bits per heavy atom. The second-order valence-corrected chi connectivity index (χ2v) is 8.17. The maximum absolute atomic E-state index is 5.73. The standard InChI is InChI=1S/C23H30N2O/c1-6-26-18-9-7-8-17(12-18)20-11-10-19(14(2)3)23(15(20)4)25-22-13-21(22)16(5)24-25/h7-12,14-15,20-22H,6,13H2,1-5H3. The van der Waals surface area contributed by atoms with Gasteiger partial charge in [0.15, 0.2) is 0 Å². The Balaban J connectivity index is 1.69. The van der Waals surface area contributed by atoms with Gasteiger partial charge in [0.2, 0.25) is 0 Å². The first-order valence-electron chi connectivity index (χ1n) is 10.0. The second-order valence-electron chi connectivity index (χ2n) is 8.17. The van der Waals surface area contributed by atoms with E-state index in [4.69, 9.17) is 9.84 Å². The number of hydrogen-bond acceptors (Lipinski definition) is 3. The number of rotatable bonds is 5. The van der Waals surface area contributed by atoms with Crippen LogP contribution in [0.15, 0.2) is 52.8 Å². The molecule has 1 saturated carbocycles. The summed E-state index contributed by atoms with van der Waals surface area (Å²) in [7, 11) is 0. The summed E-state index contributed by atoms with van der Waals surface area (Å²) >= 11 is 0. The minimum atomic E-state index is 0.362. The molecule has 0 amide bonds. The molecule has 138 valence electrons. The summed E-state index contributed by atoms with van der Waals surface area (Å²) in [6.45, 7) is 11.9. The summed E-state index contributed by atoms with van der Waals surface area (Å²) in [6, 6.07) is 9.18. The molecular weight excluding hydrogens is 320 g/mol. The predicted molar refractivity (Wildman–Crippen MR) is 107 cm³/mol. The normalized spacial score (nSPS) is 29.9. The van der Waals surface area contributed by atoms with Gasteiger partial charge in [-0.05, 0) is 49.5 Å². The predicted octanol–water partition coefficient (Wildman–Crippen LogP) is 5.36. The van der Waals surface area contributed by atoms with E-state index >= 15 is 0 Å². The topological polar surface area (TPSA) is 24.8 Å². The molecule has 0 saturated heterocycles. The molecule has 0 spiro atoms. The lowest BCUT2D eigenvalue weighted by molar-refractivity contribution is 0.302. The quantitative estimate of drug-likeness (QED) is 0.713. The summed E-state index contributed by atoms with van der Waals surface area (Å²) in [4.78, 5) is 0. The molecule has 1 aromatic carbocycles. The van der Waals surface area contributed by atoms with Crippen LogP contribution in [-0.4, -0.2) is 23.4 Å². The first-order chi connectivity index (χ1) is 12.5. The van der Waals surface area contributed by atoms with Gasteiger partial charge in [-0.25, -0.2) is 0 Å². The van der Waals surface area contributed by atoms with Gasteiger partial charge in [-0.2, -0.15) is 5.10 Å². The fourth-order valence-corrected chi connectivity index (χ4v) is 4.55. The molecule has 1 fully saturated rings. The Morgan fingerprint density at radius 3 is 2.73 bits per heavy atom. The third-order valence-corrected chi connectivity index (χ3v) is 6.04. The Hall–Kier alpha value is -2.03. The van der Waals surface area contributed by atoms with Gasteiger partial charge in [0.25, 0.3) is 0 Å². The van der Waals surface area contributed by atoms with Crippen molar-refractivity contribution in [1.82, 2.24) is 5.01 Å². The van der Waals surface area contributed by atoms with E-state index in [2.05, 4.69) is 63.1 Å². The van der Waals surface area contributed by atoms with Crippen molar-refractivity contribution >= 4 is 5.71 Å². The minimum Gasteiger partial charge on any atom is -0.494 e. The summed E-state index contributed by atoms with van der Waals surface area (Å²) in [5.41, 5.74) is 5.51. The van der Waals surface area contributed by atoms with Crippen LogP contribution in [0.2, 0.25) is 0 Å². The number of allylic oxidation sites excluding steroid dienone is 4. The molecule has 1 aromatic rings. The van der Waals surface area contributed by atoms with Crippen molar-refractivity contribution in [2.75, 3.05) is 6.61 Å². The molecule has 0 radical (unpaired) electrons. The molecule has 1 aliphatic heterocycles. The van der Waals surface area contributed by atoms with Gasteiger partial charge in [-0.3, -0.25) is 5.01 Å². The van der Waals surface area contributed by atoms with Gasteiger partial charge in [0, 0.05) is 29.2 Å². The van der Waals surface area contributed by atoms with E-state index < -0.39 is 0 Å². The van der Waals surface area contributed by atoms with Crippen LogP contribution in [0.25, 0.3) is 0 Å². The van der Waals surface area contributed by atoms with Gasteiger partial charge >= 0.3 is 0 Å². The van der Waals surface area contributed by atoms with Crippen LogP contribution >= 0.6 is 0 Å². The summed E-state index contributed by atoms with van der Waals surface area (Å²) in [5.74, 6) is 2.93. The monoisotopic (exact) mass is 350 g/mol. The first-order valence-corrected chi connectivity index (χ1v) is 10.0. The number of benzene rings is 1. The minimum absolute atomic E-state index is 0.362. The second kappa shape index (κ2) is 6.61. The third-order valence-electron chi connectivity index (χ3n) is 6.04. The maximum atomic E-state index is 5.73. The lowest BCUT2D eigenvalue weighted by atomic mass is 9.77. The van der Waals surface area contributed by atoms with Gasteiger partial charge in [0.05, 0.1) is 12.6 Å². The van der Waals surface area contributed by atoms with Crippen LogP contribution in [0.5, 0.6) is 5.75 Å². The molecule has 0 N–H and O–H groups in total. The smallest absolute Gasteiger partial charge is 0.119 e. The van der Waals surface area contributed by atoms with Crippen LogP contribution < -0.4 is 4.74 Å². The fraction of sp³-hybridized carbons (Fsp3) is 0.522. The van der Waals surface area contributed by atoms with E-state index in [1.54, 1.807) is 0 Å². The van der Waals surface area contributed by atoms with Gasteiger partial charge in [0.1, 0.15) is 5.75 Å². The molecular formula is C23H30N2O. The molecule has 3 heteroatoms. The molecule has 4 rings (SSSR count). The van der Waals surface area contributed by atoms with Crippen molar-refractivity contribution in [3.63, 3.8) is 0 Å². The average molecular weight is 351 g/mol. The van der Waals surface area contributed by atoms with Gasteiger partial charge in [-0.1, -0.05) is 45.1 Å². The number of ether oxygens (including phenoxy) is 1. The van der Waals surface area contributed by atoms with Crippen LogP contribution in [0.4, 0.5) is 0 Å². The van der Waals surface area contributed by atoms with E-state index in [1.165, 1.54) is 29.0 Å². The largest absolute Gasteiger partial charge is 0.494 e. The van der Waals surface area contributed by atoms with E-state index in [0.29, 0.717) is 36.3 Å². The van der Waals surface area contributed by atoms with Crippen molar-refractivity contribution in [1.29, 1.82) is 0 Å². The van der Waals surface area contributed by atoms with E-state index in [9.17, 15) is 0 Å². The molecule has 3 nitrogen and oxygen atoms in total. The molecule has 3 aliphatic rings. The Morgan fingerprint density at radius 1 is 1.31 bits per heavy atom. The number of nitrogens with zero attached hydrogens (tertiary/aromatic N) is 2. The van der Waals surface area contributed by atoms with Crippen molar-refractivity contribution in [3.8, 4) is 5.75 Å². The van der Waals surface area contributed by atoms with Crippen LogP contribution in [0.3, 0.4) is 0 Å². The number of hydrazone groups is 1.